The molecule has 1 aromatic carbocycles. The minimum Gasteiger partial charge on any atom is -0.507 e. The number of anilines is 1. The van der Waals surface area contributed by atoms with E-state index in [1.54, 1.807) is 22.8 Å². The summed E-state index contributed by atoms with van der Waals surface area (Å²) in [4.78, 5) is 4.62. The molecule has 2 heterocycles. The Hall–Kier alpha value is -2.08. The van der Waals surface area contributed by atoms with Crippen molar-refractivity contribution in [2.75, 3.05) is 11.9 Å². The van der Waals surface area contributed by atoms with Crippen LogP contribution in [0.4, 0.5) is 5.82 Å². The Morgan fingerprint density at radius 1 is 1.24 bits per heavy atom. The normalized spacial score (nSPS) is 10.6. The second-order valence-corrected chi connectivity index (χ2v) is 6.74. The van der Waals surface area contributed by atoms with Crippen LogP contribution in [0, 0.1) is 5.92 Å². The quantitative estimate of drug-likeness (QED) is 0.601. The van der Waals surface area contributed by atoms with Gasteiger partial charge in [-0.15, -0.1) is 0 Å². The molecule has 0 amide bonds. The number of rotatable bonds is 5. The van der Waals surface area contributed by atoms with Gasteiger partial charge < -0.3 is 10.4 Å². The molecule has 0 saturated carbocycles. The first-order valence-corrected chi connectivity index (χ1v) is 9.42. The number of para-hydroxylation sites is 1. The molecule has 0 aliphatic rings. The summed E-state index contributed by atoms with van der Waals surface area (Å²) < 4.78 is 2.59. The van der Waals surface area contributed by atoms with Gasteiger partial charge in [0.1, 0.15) is 11.6 Å². The zero-order valence-corrected chi connectivity index (χ0v) is 16.7. The number of hydrogen-bond acceptors (Lipinski definition) is 4. The number of aromatic hydroxyl groups is 1. The van der Waals surface area contributed by atoms with Crippen molar-refractivity contribution in [3.8, 4) is 17.0 Å². The van der Waals surface area contributed by atoms with Crippen molar-refractivity contribution in [3.63, 3.8) is 0 Å². The summed E-state index contributed by atoms with van der Waals surface area (Å²) in [6.07, 6.45) is 2.79. The summed E-state index contributed by atoms with van der Waals surface area (Å²) in [6.45, 7) is 9.25. The van der Waals surface area contributed by atoms with Crippen molar-refractivity contribution in [1.29, 1.82) is 0 Å². The van der Waals surface area contributed by atoms with E-state index in [1.165, 1.54) is 0 Å². The van der Waals surface area contributed by atoms with Gasteiger partial charge in [-0.1, -0.05) is 39.8 Å². The third-order valence-electron chi connectivity index (χ3n) is 3.64. The minimum atomic E-state index is 0.216. The number of halogens is 1. The van der Waals surface area contributed by atoms with E-state index < -0.39 is 0 Å². The van der Waals surface area contributed by atoms with Crippen LogP contribution in [0.25, 0.3) is 16.9 Å². The maximum absolute atomic E-state index is 10.1. The van der Waals surface area contributed by atoms with E-state index >= 15 is 0 Å². The molecule has 5 nitrogen and oxygen atoms in total. The topological polar surface area (TPSA) is 62.5 Å². The van der Waals surface area contributed by atoms with Crippen LogP contribution in [0.1, 0.15) is 34.1 Å². The van der Waals surface area contributed by atoms with Crippen LogP contribution in [-0.2, 0) is 0 Å². The van der Waals surface area contributed by atoms with Gasteiger partial charge in [0.25, 0.3) is 0 Å². The number of benzene rings is 1. The molecule has 0 unspecified atom stereocenters. The van der Waals surface area contributed by atoms with Gasteiger partial charge in [-0.25, -0.2) is 4.98 Å². The van der Waals surface area contributed by atoms with Crippen LogP contribution in [0.5, 0.6) is 5.75 Å². The molecule has 0 aliphatic heterocycles. The largest absolute Gasteiger partial charge is 0.507 e. The predicted octanol–water partition coefficient (Wildman–Crippen LogP) is 5.35. The molecule has 3 rings (SSSR count). The molecule has 134 valence electrons. The van der Waals surface area contributed by atoms with Crippen LogP contribution in [-0.4, -0.2) is 26.2 Å². The first-order chi connectivity index (χ1) is 12.1. The Kier molecular flexibility index (Phi) is 6.82. The monoisotopic (exact) mass is 404 g/mol. The molecular formula is C19H25BrN4O. The highest BCUT2D eigenvalue weighted by molar-refractivity contribution is 9.10. The van der Waals surface area contributed by atoms with Crippen LogP contribution in [0.2, 0.25) is 0 Å². The Balaban J connectivity index is 0.00000109. The van der Waals surface area contributed by atoms with E-state index in [4.69, 9.17) is 0 Å². The van der Waals surface area contributed by atoms with Gasteiger partial charge in [-0.2, -0.15) is 9.61 Å². The van der Waals surface area contributed by atoms with Gasteiger partial charge in [0.05, 0.1) is 16.4 Å². The molecule has 0 spiro atoms. The molecular weight excluding hydrogens is 380 g/mol. The molecule has 0 atom stereocenters. The molecule has 2 N–H and O–H groups in total. The number of nitrogens with one attached hydrogen (secondary N) is 1. The molecule has 25 heavy (non-hydrogen) atoms. The highest BCUT2D eigenvalue weighted by Gasteiger charge is 2.13. The van der Waals surface area contributed by atoms with E-state index in [0.29, 0.717) is 17.2 Å². The average molecular weight is 405 g/mol. The number of phenols is 1. The van der Waals surface area contributed by atoms with Crippen LogP contribution < -0.4 is 5.32 Å². The summed E-state index contributed by atoms with van der Waals surface area (Å²) in [5.74, 6) is 1.70. The molecule has 0 aliphatic carbocycles. The third-order valence-corrected chi connectivity index (χ3v) is 4.20. The molecule has 0 bridgehead atoms. The fraction of sp³-hybridized carbons (Fsp3) is 0.368. The van der Waals surface area contributed by atoms with Crippen LogP contribution >= 0.6 is 15.9 Å². The fourth-order valence-electron chi connectivity index (χ4n) is 2.38. The summed E-state index contributed by atoms with van der Waals surface area (Å²) in [7, 11) is 0. The lowest BCUT2D eigenvalue weighted by Crippen LogP contribution is -2.09. The maximum Gasteiger partial charge on any atom is 0.172 e. The van der Waals surface area contributed by atoms with E-state index in [9.17, 15) is 5.11 Å². The zero-order chi connectivity index (χ0) is 18.4. The maximum atomic E-state index is 10.1. The van der Waals surface area contributed by atoms with E-state index in [0.717, 1.165) is 28.9 Å². The summed E-state index contributed by atoms with van der Waals surface area (Å²) >= 11 is 3.48. The molecule has 0 saturated heterocycles. The van der Waals surface area contributed by atoms with Crippen LogP contribution in [0.15, 0.2) is 41.0 Å². The van der Waals surface area contributed by atoms with Crippen molar-refractivity contribution in [2.24, 2.45) is 5.92 Å². The van der Waals surface area contributed by atoms with Gasteiger partial charge in [0.15, 0.2) is 5.65 Å². The molecule has 0 radical (unpaired) electrons. The molecule has 2 aromatic heterocycles. The van der Waals surface area contributed by atoms with E-state index in [1.807, 2.05) is 32.0 Å². The summed E-state index contributed by atoms with van der Waals surface area (Å²) in [5.41, 5.74) is 2.14. The second-order valence-electron chi connectivity index (χ2n) is 5.88. The standard InChI is InChI=1S/C17H19BrN4O.C2H6/c1-11(2)7-8-19-16-9-14(12-5-3-4-6-15(12)23)21-17-13(18)10-20-22(16)17;1-2/h3-6,9-11,19,23H,7-8H2,1-2H3;1-2H3. The first kappa shape index (κ1) is 19.2. The Labute approximate surface area is 157 Å². The molecule has 0 fully saturated rings. The molecule has 6 heteroatoms. The number of aromatic nitrogens is 3. The lowest BCUT2D eigenvalue weighted by atomic mass is 10.1. The SMILES string of the molecule is CC.CC(C)CCNc1cc(-c2ccccc2O)nc2c(Br)cnn12. The van der Waals surface area contributed by atoms with Gasteiger partial charge >= 0.3 is 0 Å². The van der Waals surface area contributed by atoms with E-state index in [2.05, 4.69) is 45.2 Å². The second kappa shape index (κ2) is 8.85. The highest BCUT2D eigenvalue weighted by atomic mass is 79.9. The first-order valence-electron chi connectivity index (χ1n) is 8.63. The Morgan fingerprint density at radius 3 is 2.64 bits per heavy atom. The Bertz CT molecular complexity index is 829. The number of phenolic OH excluding ortho intramolecular Hbond substituents is 1. The van der Waals surface area contributed by atoms with Crippen LogP contribution in [0.3, 0.4) is 0 Å². The number of fused-ring (bicyclic) bond motifs is 1. The smallest absolute Gasteiger partial charge is 0.172 e. The van der Waals surface area contributed by atoms with Gasteiger partial charge in [0, 0.05) is 18.2 Å². The molecule has 3 aromatic rings. The van der Waals surface area contributed by atoms with Crippen molar-refractivity contribution >= 4 is 27.4 Å². The van der Waals surface area contributed by atoms with Gasteiger partial charge in [0.2, 0.25) is 0 Å². The lowest BCUT2D eigenvalue weighted by Gasteiger charge is -2.12. The van der Waals surface area contributed by atoms with Crippen molar-refractivity contribution in [3.05, 3.63) is 41.0 Å². The van der Waals surface area contributed by atoms with Gasteiger partial charge in [-0.3, -0.25) is 0 Å². The van der Waals surface area contributed by atoms with Crippen molar-refractivity contribution in [2.45, 2.75) is 34.1 Å². The third kappa shape index (κ3) is 4.51. The predicted molar refractivity (Wildman–Crippen MR) is 107 cm³/mol. The zero-order valence-electron chi connectivity index (χ0n) is 15.1. The summed E-state index contributed by atoms with van der Waals surface area (Å²) in [5, 5.41) is 17.9. The fourth-order valence-corrected chi connectivity index (χ4v) is 2.73. The highest BCUT2D eigenvalue weighted by Crippen LogP contribution is 2.31. The van der Waals surface area contributed by atoms with Crippen molar-refractivity contribution < 1.29 is 5.11 Å². The lowest BCUT2D eigenvalue weighted by molar-refractivity contribution is 0.477. The summed E-state index contributed by atoms with van der Waals surface area (Å²) in [6, 6.07) is 9.13. The Morgan fingerprint density at radius 2 is 1.96 bits per heavy atom. The number of hydrogen-bond donors (Lipinski definition) is 2. The number of nitrogens with zero attached hydrogens (tertiary/aromatic N) is 3. The van der Waals surface area contributed by atoms with Gasteiger partial charge in [-0.05, 0) is 40.4 Å². The van der Waals surface area contributed by atoms with Crippen molar-refractivity contribution in [1.82, 2.24) is 14.6 Å². The van der Waals surface area contributed by atoms with E-state index in [-0.39, 0.29) is 5.75 Å². The average Bonchev–Trinajstić information content (AvgIpc) is 2.98. The minimum absolute atomic E-state index is 0.216.